The Hall–Kier alpha value is -2.04. The van der Waals surface area contributed by atoms with Crippen LogP contribution < -0.4 is 4.74 Å². The largest absolute Gasteiger partial charge is 0.490 e. The van der Waals surface area contributed by atoms with Crippen LogP contribution in [0.4, 0.5) is 0 Å². The minimum Gasteiger partial charge on any atom is -0.490 e. The fourth-order valence-corrected chi connectivity index (χ4v) is 3.28. The third-order valence-electron chi connectivity index (χ3n) is 5.02. The fraction of sp³-hybridized carbons (Fsp3) is 0.556. The van der Waals surface area contributed by atoms with E-state index in [1.807, 2.05) is 19.1 Å². The maximum Gasteiger partial charge on any atom is 0.308 e. The van der Waals surface area contributed by atoms with E-state index in [1.54, 1.807) is 17.0 Å². The van der Waals surface area contributed by atoms with Gasteiger partial charge in [0.25, 0.3) is 5.91 Å². The number of nitrogens with zero attached hydrogens (tertiary/aromatic N) is 1. The Morgan fingerprint density at radius 1 is 1.13 bits per heavy atom. The van der Waals surface area contributed by atoms with Gasteiger partial charge in [0, 0.05) is 18.2 Å². The summed E-state index contributed by atoms with van der Waals surface area (Å²) in [5, 5.41) is 9.27. The molecule has 23 heavy (non-hydrogen) atoms. The molecule has 0 radical (unpaired) electrons. The molecule has 1 saturated heterocycles. The molecule has 3 rings (SSSR count). The maximum absolute atomic E-state index is 12.7. The molecule has 1 N–H and O–H groups in total. The van der Waals surface area contributed by atoms with Crippen molar-refractivity contribution >= 4 is 11.9 Å². The number of carbonyl (C=O) groups excluding carboxylic acids is 1. The average Bonchev–Trinajstić information content (AvgIpc) is 2.51. The van der Waals surface area contributed by atoms with Crippen molar-refractivity contribution in [1.29, 1.82) is 0 Å². The number of aliphatic carboxylic acids is 1. The Kier molecular flexibility index (Phi) is 4.55. The third-order valence-corrected chi connectivity index (χ3v) is 5.02. The summed E-state index contributed by atoms with van der Waals surface area (Å²) < 4.78 is 5.80. The zero-order valence-electron chi connectivity index (χ0n) is 13.4. The first-order chi connectivity index (χ1) is 11.1. The molecule has 5 heteroatoms. The van der Waals surface area contributed by atoms with Crippen molar-refractivity contribution in [2.45, 2.75) is 51.2 Å². The van der Waals surface area contributed by atoms with Gasteiger partial charge in [-0.15, -0.1) is 0 Å². The molecular formula is C18H23NO4. The summed E-state index contributed by atoms with van der Waals surface area (Å²) in [5.74, 6) is -0.604. The lowest BCUT2D eigenvalue weighted by molar-refractivity contribution is -0.144. The number of carboxylic acids is 1. The van der Waals surface area contributed by atoms with Gasteiger partial charge in [0.15, 0.2) is 0 Å². The molecular weight excluding hydrogens is 294 g/mol. The van der Waals surface area contributed by atoms with Crippen LogP contribution in [0, 0.1) is 5.92 Å². The van der Waals surface area contributed by atoms with Crippen molar-refractivity contribution in [3.8, 4) is 5.75 Å². The van der Waals surface area contributed by atoms with E-state index >= 15 is 0 Å². The number of ether oxygens (including phenoxy) is 1. The Balaban J connectivity index is 1.67. The summed E-state index contributed by atoms with van der Waals surface area (Å²) >= 11 is 0. The van der Waals surface area contributed by atoms with Gasteiger partial charge in [-0.2, -0.15) is 0 Å². The molecule has 1 aromatic carbocycles. The molecule has 1 amide bonds. The Morgan fingerprint density at radius 3 is 2.39 bits per heavy atom. The lowest BCUT2D eigenvalue weighted by Crippen LogP contribution is -2.49. The summed E-state index contributed by atoms with van der Waals surface area (Å²) in [6, 6.07) is 6.92. The predicted molar refractivity (Wildman–Crippen MR) is 85.6 cm³/mol. The van der Waals surface area contributed by atoms with Gasteiger partial charge in [-0.25, -0.2) is 0 Å². The normalized spacial score (nSPS) is 24.8. The highest BCUT2D eigenvalue weighted by Crippen LogP contribution is 2.27. The van der Waals surface area contributed by atoms with E-state index in [0.29, 0.717) is 24.6 Å². The lowest BCUT2D eigenvalue weighted by Gasteiger charge is -2.37. The van der Waals surface area contributed by atoms with E-state index < -0.39 is 11.9 Å². The number of amides is 1. The van der Waals surface area contributed by atoms with Crippen LogP contribution in [0.1, 0.15) is 49.4 Å². The number of hydrogen-bond donors (Lipinski definition) is 1. The minimum absolute atomic E-state index is 0.0985. The first kappa shape index (κ1) is 15.8. The second-order valence-corrected chi connectivity index (χ2v) is 6.52. The number of hydrogen-bond acceptors (Lipinski definition) is 3. The highest BCUT2D eigenvalue weighted by molar-refractivity contribution is 5.95. The Morgan fingerprint density at radius 2 is 1.83 bits per heavy atom. The number of carbonyl (C=O) groups is 2. The number of rotatable bonds is 4. The number of piperidine rings is 1. The zero-order valence-corrected chi connectivity index (χ0v) is 13.4. The molecule has 1 aliphatic carbocycles. The molecule has 0 bridgehead atoms. The standard InChI is InChI=1S/C18H23NO4/c1-12-16(18(21)22)6-3-11-19(12)17(20)13-7-9-15(10-8-13)23-14-4-2-5-14/h7-10,12,14,16H,2-6,11H2,1H3,(H,21,22)/t12-,16-/m1/s1. The van der Waals surface area contributed by atoms with Crippen molar-refractivity contribution in [2.75, 3.05) is 6.54 Å². The van der Waals surface area contributed by atoms with Crippen molar-refractivity contribution < 1.29 is 19.4 Å². The number of likely N-dealkylation sites (tertiary alicyclic amines) is 1. The van der Waals surface area contributed by atoms with Gasteiger partial charge in [0.1, 0.15) is 5.75 Å². The van der Waals surface area contributed by atoms with Gasteiger partial charge >= 0.3 is 5.97 Å². The minimum atomic E-state index is -0.820. The molecule has 0 aromatic heterocycles. The molecule has 5 nitrogen and oxygen atoms in total. The topological polar surface area (TPSA) is 66.8 Å². The molecule has 2 atom stereocenters. The summed E-state index contributed by atoms with van der Waals surface area (Å²) in [6.45, 7) is 2.44. The molecule has 2 fully saturated rings. The molecule has 124 valence electrons. The van der Waals surface area contributed by atoms with Gasteiger partial charge in [-0.05, 0) is 63.3 Å². The molecule has 0 unspecified atom stereocenters. The van der Waals surface area contributed by atoms with E-state index in [9.17, 15) is 14.7 Å². The summed E-state index contributed by atoms with van der Waals surface area (Å²) in [6.07, 6.45) is 5.10. The molecule has 0 spiro atoms. The van der Waals surface area contributed by atoms with E-state index in [4.69, 9.17) is 4.74 Å². The first-order valence-corrected chi connectivity index (χ1v) is 8.37. The summed E-state index contributed by atoms with van der Waals surface area (Å²) in [5.41, 5.74) is 0.587. The second-order valence-electron chi connectivity index (χ2n) is 6.52. The molecule has 1 heterocycles. The van der Waals surface area contributed by atoms with Crippen LogP contribution in [0.5, 0.6) is 5.75 Å². The van der Waals surface area contributed by atoms with E-state index in [-0.39, 0.29) is 11.9 Å². The Bertz CT molecular complexity index is 579. The van der Waals surface area contributed by atoms with Crippen LogP contribution in [-0.2, 0) is 4.79 Å². The molecule has 1 saturated carbocycles. The van der Waals surface area contributed by atoms with Crippen LogP contribution in [0.3, 0.4) is 0 Å². The summed E-state index contributed by atoms with van der Waals surface area (Å²) in [7, 11) is 0. The van der Waals surface area contributed by atoms with Crippen molar-refractivity contribution in [1.82, 2.24) is 4.90 Å². The van der Waals surface area contributed by atoms with E-state index in [0.717, 1.165) is 25.0 Å². The SMILES string of the molecule is C[C@@H]1[C@H](C(=O)O)CCCN1C(=O)c1ccc(OC2CCC2)cc1. The van der Waals surface area contributed by atoms with Crippen LogP contribution >= 0.6 is 0 Å². The average molecular weight is 317 g/mol. The number of benzene rings is 1. The van der Waals surface area contributed by atoms with Gasteiger partial charge < -0.3 is 14.7 Å². The van der Waals surface area contributed by atoms with Crippen LogP contribution in [-0.4, -0.2) is 40.6 Å². The zero-order chi connectivity index (χ0) is 16.4. The second kappa shape index (κ2) is 6.60. The predicted octanol–water partition coefficient (Wildman–Crippen LogP) is 2.94. The van der Waals surface area contributed by atoms with Gasteiger partial charge in [-0.1, -0.05) is 0 Å². The third kappa shape index (κ3) is 3.33. The van der Waals surface area contributed by atoms with Crippen LogP contribution in [0.25, 0.3) is 0 Å². The number of carboxylic acid groups (broad SMARTS) is 1. The molecule has 1 aromatic rings. The quantitative estimate of drug-likeness (QED) is 0.927. The van der Waals surface area contributed by atoms with Crippen molar-refractivity contribution in [3.63, 3.8) is 0 Å². The van der Waals surface area contributed by atoms with Crippen molar-refractivity contribution in [2.24, 2.45) is 5.92 Å². The van der Waals surface area contributed by atoms with E-state index in [2.05, 4.69) is 0 Å². The monoisotopic (exact) mass is 317 g/mol. The molecule has 1 aliphatic heterocycles. The van der Waals surface area contributed by atoms with Crippen molar-refractivity contribution in [3.05, 3.63) is 29.8 Å². The fourth-order valence-electron chi connectivity index (χ4n) is 3.28. The smallest absolute Gasteiger partial charge is 0.308 e. The van der Waals surface area contributed by atoms with Crippen LogP contribution in [0.15, 0.2) is 24.3 Å². The first-order valence-electron chi connectivity index (χ1n) is 8.37. The summed E-state index contributed by atoms with van der Waals surface area (Å²) in [4.78, 5) is 25.7. The highest BCUT2D eigenvalue weighted by Gasteiger charge is 2.35. The van der Waals surface area contributed by atoms with Crippen LogP contribution in [0.2, 0.25) is 0 Å². The van der Waals surface area contributed by atoms with Gasteiger partial charge in [0.2, 0.25) is 0 Å². The van der Waals surface area contributed by atoms with Gasteiger partial charge in [0.05, 0.1) is 12.0 Å². The highest BCUT2D eigenvalue weighted by atomic mass is 16.5. The van der Waals surface area contributed by atoms with Gasteiger partial charge in [-0.3, -0.25) is 9.59 Å². The lowest BCUT2D eigenvalue weighted by atomic mass is 9.90. The maximum atomic E-state index is 12.7. The Labute approximate surface area is 136 Å². The van der Waals surface area contributed by atoms with E-state index in [1.165, 1.54) is 6.42 Å². The molecule has 2 aliphatic rings.